The average molecular weight is 343 g/mol. The normalized spacial score (nSPS) is 13.4. The Bertz CT molecular complexity index is 722. The molecule has 124 valence electrons. The number of nitrogens with one attached hydrogen (secondary N) is 2. The summed E-state index contributed by atoms with van der Waals surface area (Å²) in [6.45, 7) is 0.556. The van der Waals surface area contributed by atoms with Gasteiger partial charge in [-0.25, -0.2) is 0 Å². The number of halogens is 1. The fraction of sp³-hybridized carbons (Fsp3) is 0.263. The number of rotatable bonds is 6. The Morgan fingerprint density at radius 1 is 1.00 bits per heavy atom. The Labute approximate surface area is 146 Å². The second-order valence-electron chi connectivity index (χ2n) is 5.97. The average Bonchev–Trinajstić information content (AvgIpc) is 3.42. The van der Waals surface area contributed by atoms with E-state index in [0.717, 1.165) is 30.5 Å². The fourth-order valence-corrected chi connectivity index (χ4v) is 2.49. The van der Waals surface area contributed by atoms with Gasteiger partial charge in [0, 0.05) is 28.7 Å². The van der Waals surface area contributed by atoms with E-state index in [1.807, 2.05) is 24.3 Å². The zero-order valence-corrected chi connectivity index (χ0v) is 14.0. The Morgan fingerprint density at radius 3 is 2.29 bits per heavy atom. The molecule has 5 heteroatoms. The van der Waals surface area contributed by atoms with E-state index in [-0.39, 0.29) is 17.7 Å². The smallest absolute Gasteiger partial charge is 0.251 e. The lowest BCUT2D eigenvalue weighted by atomic mass is 10.1. The highest BCUT2D eigenvalue weighted by Gasteiger charge is 2.29. The van der Waals surface area contributed by atoms with Gasteiger partial charge in [-0.05, 0) is 61.2 Å². The van der Waals surface area contributed by atoms with Crippen LogP contribution in [0.2, 0.25) is 5.02 Å². The third kappa shape index (κ3) is 4.59. The summed E-state index contributed by atoms with van der Waals surface area (Å²) in [5, 5.41) is 6.45. The Morgan fingerprint density at radius 2 is 1.67 bits per heavy atom. The van der Waals surface area contributed by atoms with E-state index in [1.165, 1.54) is 0 Å². The largest absolute Gasteiger partial charge is 0.352 e. The minimum Gasteiger partial charge on any atom is -0.352 e. The molecule has 0 aliphatic heterocycles. The molecule has 0 spiro atoms. The molecule has 0 radical (unpaired) electrons. The van der Waals surface area contributed by atoms with Gasteiger partial charge < -0.3 is 10.6 Å². The highest BCUT2D eigenvalue weighted by atomic mass is 35.5. The van der Waals surface area contributed by atoms with Crippen LogP contribution >= 0.6 is 11.6 Å². The number of carbonyl (C=O) groups excluding carboxylic acids is 2. The zero-order chi connectivity index (χ0) is 16.9. The summed E-state index contributed by atoms with van der Waals surface area (Å²) < 4.78 is 0. The van der Waals surface area contributed by atoms with Crippen molar-refractivity contribution in [2.24, 2.45) is 5.92 Å². The third-order valence-electron chi connectivity index (χ3n) is 3.98. The first-order valence-electron chi connectivity index (χ1n) is 8.05. The van der Waals surface area contributed by atoms with Crippen LogP contribution in [-0.2, 0) is 11.2 Å². The molecular formula is C19H19ClN2O2. The van der Waals surface area contributed by atoms with Gasteiger partial charge >= 0.3 is 0 Å². The van der Waals surface area contributed by atoms with Gasteiger partial charge in [-0.2, -0.15) is 0 Å². The second kappa shape index (κ2) is 7.49. The molecule has 0 saturated heterocycles. The molecule has 0 atom stereocenters. The van der Waals surface area contributed by atoms with Gasteiger partial charge in [-0.3, -0.25) is 9.59 Å². The maximum absolute atomic E-state index is 12.1. The Kier molecular flexibility index (Phi) is 5.16. The summed E-state index contributed by atoms with van der Waals surface area (Å²) in [4.78, 5) is 23.8. The van der Waals surface area contributed by atoms with E-state index >= 15 is 0 Å². The molecule has 0 unspecified atom stereocenters. The molecule has 0 aromatic heterocycles. The highest BCUT2D eigenvalue weighted by Crippen LogP contribution is 2.30. The molecule has 2 aromatic carbocycles. The maximum Gasteiger partial charge on any atom is 0.251 e. The summed E-state index contributed by atoms with van der Waals surface area (Å²) in [7, 11) is 0. The number of amides is 2. The minimum atomic E-state index is -0.121. The molecule has 24 heavy (non-hydrogen) atoms. The van der Waals surface area contributed by atoms with Crippen molar-refractivity contribution in [3.05, 3.63) is 64.7 Å². The van der Waals surface area contributed by atoms with Gasteiger partial charge in [0.05, 0.1) is 0 Å². The van der Waals surface area contributed by atoms with Crippen molar-refractivity contribution in [2.75, 3.05) is 11.9 Å². The number of benzene rings is 2. The minimum absolute atomic E-state index is 0.0650. The number of carbonyl (C=O) groups is 2. The van der Waals surface area contributed by atoms with Crippen LogP contribution in [0.3, 0.4) is 0 Å². The van der Waals surface area contributed by atoms with Crippen LogP contribution in [0.5, 0.6) is 0 Å². The van der Waals surface area contributed by atoms with Crippen molar-refractivity contribution >= 4 is 29.1 Å². The van der Waals surface area contributed by atoms with Crippen molar-refractivity contribution < 1.29 is 9.59 Å². The lowest BCUT2D eigenvalue weighted by molar-refractivity contribution is -0.117. The van der Waals surface area contributed by atoms with Crippen molar-refractivity contribution in [2.45, 2.75) is 19.3 Å². The maximum atomic E-state index is 12.1. The summed E-state index contributed by atoms with van der Waals surface area (Å²) in [5.41, 5.74) is 2.43. The van der Waals surface area contributed by atoms with Gasteiger partial charge in [0.2, 0.25) is 5.91 Å². The predicted octanol–water partition coefficient (Wildman–Crippen LogP) is 3.66. The van der Waals surface area contributed by atoms with Crippen molar-refractivity contribution in [3.63, 3.8) is 0 Å². The predicted molar refractivity (Wildman–Crippen MR) is 95.3 cm³/mol. The lowest BCUT2D eigenvalue weighted by Gasteiger charge is -2.07. The highest BCUT2D eigenvalue weighted by molar-refractivity contribution is 6.30. The van der Waals surface area contributed by atoms with Crippen LogP contribution in [-0.4, -0.2) is 18.4 Å². The number of anilines is 1. The van der Waals surface area contributed by atoms with Gasteiger partial charge in [-0.15, -0.1) is 0 Å². The van der Waals surface area contributed by atoms with E-state index in [2.05, 4.69) is 10.6 Å². The zero-order valence-electron chi connectivity index (χ0n) is 13.2. The van der Waals surface area contributed by atoms with Gasteiger partial charge in [0.25, 0.3) is 5.91 Å². The van der Waals surface area contributed by atoms with Crippen LogP contribution < -0.4 is 10.6 Å². The molecule has 1 saturated carbocycles. The van der Waals surface area contributed by atoms with Crippen molar-refractivity contribution in [3.8, 4) is 0 Å². The summed E-state index contributed by atoms with van der Waals surface area (Å²) in [6.07, 6.45) is 2.69. The number of hydrogen-bond acceptors (Lipinski definition) is 2. The van der Waals surface area contributed by atoms with E-state index < -0.39 is 0 Å². The van der Waals surface area contributed by atoms with Crippen molar-refractivity contribution in [1.29, 1.82) is 0 Å². The topological polar surface area (TPSA) is 58.2 Å². The molecule has 1 aliphatic rings. The molecule has 2 aromatic rings. The first kappa shape index (κ1) is 16.5. The molecule has 3 rings (SSSR count). The second-order valence-corrected chi connectivity index (χ2v) is 6.41. The standard InChI is InChI=1S/C19H19ClN2O2/c20-16-7-1-13(2-8-16)11-12-21-18(23)14-5-9-17(10-6-14)22-19(24)15-3-4-15/h1-2,5-10,15H,3-4,11-12H2,(H,21,23)(H,22,24). The van der Waals surface area contributed by atoms with E-state index in [9.17, 15) is 9.59 Å². The summed E-state index contributed by atoms with van der Waals surface area (Å²) in [6, 6.07) is 14.5. The van der Waals surface area contributed by atoms with E-state index in [4.69, 9.17) is 11.6 Å². The van der Waals surface area contributed by atoms with Gasteiger partial charge in [0.1, 0.15) is 0 Å². The summed E-state index contributed by atoms with van der Waals surface area (Å²) in [5.74, 6) is 0.111. The summed E-state index contributed by atoms with van der Waals surface area (Å²) >= 11 is 5.85. The van der Waals surface area contributed by atoms with Crippen LogP contribution in [0.1, 0.15) is 28.8 Å². The Balaban J connectivity index is 1.47. The third-order valence-corrected chi connectivity index (χ3v) is 4.23. The molecule has 1 aliphatic carbocycles. The molecule has 0 heterocycles. The van der Waals surface area contributed by atoms with Crippen LogP contribution in [0.15, 0.2) is 48.5 Å². The SMILES string of the molecule is O=C(NCCc1ccc(Cl)cc1)c1ccc(NC(=O)C2CC2)cc1. The van der Waals surface area contributed by atoms with Gasteiger partial charge in [-0.1, -0.05) is 23.7 Å². The first-order valence-corrected chi connectivity index (χ1v) is 8.43. The van der Waals surface area contributed by atoms with E-state index in [0.29, 0.717) is 17.1 Å². The van der Waals surface area contributed by atoms with Crippen LogP contribution in [0.25, 0.3) is 0 Å². The van der Waals surface area contributed by atoms with Crippen molar-refractivity contribution in [1.82, 2.24) is 5.32 Å². The van der Waals surface area contributed by atoms with Crippen LogP contribution in [0, 0.1) is 5.92 Å². The molecular weight excluding hydrogens is 324 g/mol. The molecule has 2 amide bonds. The monoisotopic (exact) mass is 342 g/mol. The molecule has 4 nitrogen and oxygen atoms in total. The molecule has 0 bridgehead atoms. The van der Waals surface area contributed by atoms with Crippen LogP contribution in [0.4, 0.5) is 5.69 Å². The van der Waals surface area contributed by atoms with E-state index in [1.54, 1.807) is 24.3 Å². The Hall–Kier alpha value is -2.33. The number of hydrogen-bond donors (Lipinski definition) is 2. The fourth-order valence-electron chi connectivity index (χ4n) is 2.37. The van der Waals surface area contributed by atoms with Gasteiger partial charge in [0.15, 0.2) is 0 Å². The molecule has 1 fully saturated rings. The lowest BCUT2D eigenvalue weighted by Crippen LogP contribution is -2.25. The first-order chi connectivity index (χ1) is 11.6. The quantitative estimate of drug-likeness (QED) is 0.841. The molecule has 2 N–H and O–H groups in total.